The average molecular weight is 338 g/mol. The summed E-state index contributed by atoms with van der Waals surface area (Å²) in [6.45, 7) is 0. The lowest BCUT2D eigenvalue weighted by molar-refractivity contribution is 0.175. The zero-order valence-corrected chi connectivity index (χ0v) is 13.4. The molecular weight excluding hydrogens is 325 g/mol. The van der Waals surface area contributed by atoms with Gasteiger partial charge in [0, 0.05) is 22.9 Å². The molecule has 3 aromatic rings. The van der Waals surface area contributed by atoms with Gasteiger partial charge in [0.15, 0.2) is 0 Å². The first-order valence-corrected chi connectivity index (χ1v) is 8.16. The van der Waals surface area contributed by atoms with Gasteiger partial charge in [-0.3, -0.25) is 0 Å². The molecule has 0 aliphatic carbocycles. The topological polar surface area (TPSA) is 33.1 Å². The number of benzene rings is 2. The highest BCUT2D eigenvalue weighted by Crippen LogP contribution is 2.27. The van der Waals surface area contributed by atoms with Crippen molar-refractivity contribution >= 4 is 44.8 Å². The monoisotopic (exact) mass is 337 g/mol. The third-order valence-electron chi connectivity index (χ3n) is 3.25. The first kappa shape index (κ1) is 14.8. The Labute approximate surface area is 137 Å². The molecule has 0 aliphatic heterocycles. The van der Waals surface area contributed by atoms with Crippen molar-refractivity contribution in [3.63, 3.8) is 0 Å². The second kappa shape index (κ2) is 6.32. The Bertz CT molecular complexity index is 719. The molecule has 3 rings (SSSR count). The van der Waals surface area contributed by atoms with E-state index in [1.54, 1.807) is 29.5 Å². The first-order valence-electron chi connectivity index (χ1n) is 6.59. The van der Waals surface area contributed by atoms with Crippen molar-refractivity contribution < 1.29 is 5.11 Å². The summed E-state index contributed by atoms with van der Waals surface area (Å²) in [5.74, 6) is 0. The summed E-state index contributed by atoms with van der Waals surface area (Å²) in [5.41, 5.74) is 1.76. The normalized spacial score (nSPS) is 12.7. The Kier molecular flexibility index (Phi) is 4.45. The van der Waals surface area contributed by atoms with Gasteiger partial charge in [0.05, 0.1) is 21.3 Å². The zero-order valence-electron chi connectivity index (χ0n) is 11.1. The van der Waals surface area contributed by atoms with Crippen LogP contribution in [0.1, 0.15) is 10.6 Å². The lowest BCUT2D eigenvalue weighted by atomic mass is 10.1. The number of aliphatic hydroxyl groups is 1. The predicted octanol–water partition coefficient (Wildman–Crippen LogP) is 4.75. The Morgan fingerprint density at radius 3 is 2.43 bits per heavy atom. The lowest BCUT2D eigenvalue weighted by Gasteiger charge is -2.11. The number of fused-ring (bicyclic) bond motifs is 1. The number of rotatable bonds is 4. The van der Waals surface area contributed by atoms with Gasteiger partial charge in [-0.25, -0.2) is 4.98 Å². The summed E-state index contributed by atoms with van der Waals surface area (Å²) < 4.78 is 1.13. The van der Waals surface area contributed by atoms with Gasteiger partial charge < -0.3 is 5.11 Å². The van der Waals surface area contributed by atoms with Gasteiger partial charge in [0.2, 0.25) is 0 Å². The average Bonchev–Trinajstić information content (AvgIpc) is 2.85. The largest absolute Gasteiger partial charge is 0.392 e. The number of aliphatic hydroxyl groups excluding tert-OH is 1. The van der Waals surface area contributed by atoms with E-state index in [-0.39, 0.29) is 0 Å². The fourth-order valence-electron chi connectivity index (χ4n) is 2.24. The van der Waals surface area contributed by atoms with Crippen LogP contribution in [0.5, 0.6) is 0 Å². The molecule has 21 heavy (non-hydrogen) atoms. The SMILES string of the molecule is OC(Cc1nc2ccccc2s1)Cc1c(Cl)cccc1Cl. The second-order valence-corrected chi connectivity index (χ2v) is 6.77. The highest BCUT2D eigenvalue weighted by Gasteiger charge is 2.14. The van der Waals surface area contributed by atoms with Crippen LogP contribution in [-0.4, -0.2) is 16.2 Å². The lowest BCUT2D eigenvalue weighted by Crippen LogP contribution is -2.14. The minimum atomic E-state index is -0.553. The van der Waals surface area contributed by atoms with E-state index in [0.717, 1.165) is 20.8 Å². The van der Waals surface area contributed by atoms with Crippen molar-refractivity contribution in [2.45, 2.75) is 18.9 Å². The van der Waals surface area contributed by atoms with Crippen LogP contribution in [0.3, 0.4) is 0 Å². The van der Waals surface area contributed by atoms with Crippen LogP contribution in [0.4, 0.5) is 0 Å². The minimum absolute atomic E-state index is 0.425. The number of aromatic nitrogens is 1. The van der Waals surface area contributed by atoms with Gasteiger partial charge in [0.1, 0.15) is 0 Å². The molecule has 0 bridgehead atoms. The van der Waals surface area contributed by atoms with Crippen LogP contribution in [0.2, 0.25) is 10.0 Å². The summed E-state index contributed by atoms with van der Waals surface area (Å²) in [6.07, 6.45) is 0.373. The fourth-order valence-corrected chi connectivity index (χ4v) is 3.83. The maximum Gasteiger partial charge on any atom is 0.0964 e. The summed E-state index contributed by atoms with van der Waals surface area (Å²) in [6, 6.07) is 13.3. The quantitative estimate of drug-likeness (QED) is 0.745. The number of hydrogen-bond donors (Lipinski definition) is 1. The van der Waals surface area contributed by atoms with Crippen molar-refractivity contribution in [3.05, 3.63) is 63.1 Å². The van der Waals surface area contributed by atoms with E-state index in [2.05, 4.69) is 4.98 Å². The van der Waals surface area contributed by atoms with E-state index in [0.29, 0.717) is 22.9 Å². The molecule has 1 N–H and O–H groups in total. The fraction of sp³-hybridized carbons (Fsp3) is 0.188. The predicted molar refractivity (Wildman–Crippen MR) is 89.5 cm³/mol. The molecular formula is C16H13Cl2NOS. The molecule has 0 fully saturated rings. The van der Waals surface area contributed by atoms with Gasteiger partial charge in [-0.2, -0.15) is 0 Å². The highest BCUT2D eigenvalue weighted by molar-refractivity contribution is 7.18. The van der Waals surface area contributed by atoms with Gasteiger partial charge in [-0.15, -0.1) is 11.3 Å². The maximum atomic E-state index is 10.3. The van der Waals surface area contributed by atoms with Gasteiger partial charge >= 0.3 is 0 Å². The molecule has 1 aromatic heterocycles. The summed E-state index contributed by atoms with van der Waals surface area (Å²) in [4.78, 5) is 4.53. The van der Waals surface area contributed by atoms with Crippen LogP contribution in [0.25, 0.3) is 10.2 Å². The molecule has 2 aromatic carbocycles. The van der Waals surface area contributed by atoms with E-state index < -0.39 is 6.10 Å². The molecule has 1 atom stereocenters. The number of para-hydroxylation sites is 1. The molecule has 1 unspecified atom stereocenters. The van der Waals surface area contributed by atoms with E-state index in [1.807, 2.05) is 24.3 Å². The van der Waals surface area contributed by atoms with Crippen LogP contribution in [0.15, 0.2) is 42.5 Å². The van der Waals surface area contributed by atoms with Gasteiger partial charge in [-0.05, 0) is 29.8 Å². The van der Waals surface area contributed by atoms with Crippen LogP contribution >= 0.6 is 34.5 Å². The molecule has 2 nitrogen and oxygen atoms in total. The van der Waals surface area contributed by atoms with Crippen LogP contribution < -0.4 is 0 Å². The third-order valence-corrected chi connectivity index (χ3v) is 5.02. The van der Waals surface area contributed by atoms with Gasteiger partial charge in [-0.1, -0.05) is 41.4 Å². The standard InChI is InChI=1S/C16H13Cl2NOS/c17-12-4-3-5-13(18)11(12)8-10(20)9-16-19-14-6-1-2-7-15(14)21-16/h1-7,10,20H,8-9H2. The molecule has 0 aliphatic rings. The molecule has 5 heteroatoms. The molecule has 0 radical (unpaired) electrons. The first-order chi connectivity index (χ1) is 10.1. The maximum absolute atomic E-state index is 10.3. The van der Waals surface area contributed by atoms with Gasteiger partial charge in [0.25, 0.3) is 0 Å². The molecule has 0 amide bonds. The number of hydrogen-bond acceptors (Lipinski definition) is 3. The number of thiazole rings is 1. The van der Waals surface area contributed by atoms with E-state index >= 15 is 0 Å². The number of halogens is 2. The van der Waals surface area contributed by atoms with E-state index in [1.165, 1.54) is 0 Å². The molecule has 1 heterocycles. The molecule has 0 spiro atoms. The van der Waals surface area contributed by atoms with Crippen molar-refractivity contribution in [3.8, 4) is 0 Å². The van der Waals surface area contributed by atoms with E-state index in [9.17, 15) is 5.11 Å². The third kappa shape index (κ3) is 3.38. The van der Waals surface area contributed by atoms with Crippen LogP contribution in [0, 0.1) is 0 Å². The molecule has 0 saturated heterocycles. The smallest absolute Gasteiger partial charge is 0.0964 e. The second-order valence-electron chi connectivity index (χ2n) is 4.84. The Hall–Kier alpha value is -1.13. The molecule has 108 valence electrons. The van der Waals surface area contributed by atoms with Crippen molar-refractivity contribution in [2.24, 2.45) is 0 Å². The summed E-state index contributed by atoms with van der Waals surface area (Å²) >= 11 is 13.9. The highest BCUT2D eigenvalue weighted by atomic mass is 35.5. The van der Waals surface area contributed by atoms with Crippen molar-refractivity contribution in [2.75, 3.05) is 0 Å². The van der Waals surface area contributed by atoms with Crippen LogP contribution in [-0.2, 0) is 12.8 Å². The minimum Gasteiger partial charge on any atom is -0.392 e. The summed E-state index contributed by atoms with van der Waals surface area (Å²) in [5, 5.41) is 12.4. The van der Waals surface area contributed by atoms with Crippen molar-refractivity contribution in [1.29, 1.82) is 0 Å². The Morgan fingerprint density at radius 1 is 1.00 bits per heavy atom. The van der Waals surface area contributed by atoms with Crippen molar-refractivity contribution in [1.82, 2.24) is 4.98 Å². The zero-order chi connectivity index (χ0) is 14.8. The summed E-state index contributed by atoms with van der Waals surface area (Å²) in [7, 11) is 0. The molecule has 0 saturated carbocycles. The number of nitrogens with zero attached hydrogens (tertiary/aromatic N) is 1. The Morgan fingerprint density at radius 2 is 1.71 bits per heavy atom. The van der Waals surface area contributed by atoms with E-state index in [4.69, 9.17) is 23.2 Å². The Balaban J connectivity index is 1.75.